The predicted octanol–water partition coefficient (Wildman–Crippen LogP) is 1.43. The Morgan fingerprint density at radius 2 is 2.05 bits per heavy atom. The first kappa shape index (κ1) is 15.4. The van der Waals surface area contributed by atoms with Gasteiger partial charge >= 0.3 is 0 Å². The Bertz CT molecular complexity index is 503. The van der Waals surface area contributed by atoms with Crippen LogP contribution < -0.4 is 24.8 Å². The van der Waals surface area contributed by atoms with Crippen molar-refractivity contribution in [3.05, 3.63) is 17.7 Å². The number of ether oxygens (including phenoxy) is 3. The fourth-order valence-corrected chi connectivity index (χ4v) is 2.08. The van der Waals surface area contributed by atoms with E-state index in [0.29, 0.717) is 31.1 Å². The van der Waals surface area contributed by atoms with Crippen LogP contribution in [0.1, 0.15) is 25.8 Å². The largest absolute Gasteiger partial charge is 0.493 e. The fourth-order valence-electron chi connectivity index (χ4n) is 2.08. The van der Waals surface area contributed by atoms with Gasteiger partial charge in [0.1, 0.15) is 5.75 Å². The summed E-state index contributed by atoms with van der Waals surface area (Å²) >= 11 is 0. The van der Waals surface area contributed by atoms with E-state index in [9.17, 15) is 4.79 Å². The van der Waals surface area contributed by atoms with Gasteiger partial charge in [-0.3, -0.25) is 4.79 Å². The lowest BCUT2D eigenvalue weighted by Gasteiger charge is -2.13. The first-order valence-corrected chi connectivity index (χ1v) is 7.09. The number of hydrogen-bond donors (Lipinski definition) is 2. The molecule has 0 saturated carbocycles. The van der Waals surface area contributed by atoms with Crippen molar-refractivity contribution < 1.29 is 19.0 Å². The number of nitrogens with one attached hydrogen (secondary N) is 2. The molecule has 1 heterocycles. The standard InChI is InChI=1S/C15H22N2O4/c1-10(2)17-15(18)4-5-19-12-7-14-13(20-9-21-14)6-11(12)8-16-3/h6-7,10,16H,4-5,8-9H2,1-3H3,(H,17,18). The topological polar surface area (TPSA) is 68.8 Å². The van der Waals surface area contributed by atoms with Gasteiger partial charge in [0.05, 0.1) is 13.0 Å². The van der Waals surface area contributed by atoms with Gasteiger partial charge in [-0.2, -0.15) is 0 Å². The number of amides is 1. The number of benzene rings is 1. The lowest BCUT2D eigenvalue weighted by Crippen LogP contribution is -2.31. The molecule has 0 unspecified atom stereocenters. The second-order valence-electron chi connectivity index (χ2n) is 5.16. The van der Waals surface area contributed by atoms with Crippen molar-refractivity contribution in [1.29, 1.82) is 0 Å². The molecule has 21 heavy (non-hydrogen) atoms. The minimum Gasteiger partial charge on any atom is -0.493 e. The van der Waals surface area contributed by atoms with E-state index in [-0.39, 0.29) is 18.7 Å². The normalized spacial score (nSPS) is 12.6. The Morgan fingerprint density at radius 3 is 2.71 bits per heavy atom. The van der Waals surface area contributed by atoms with Crippen LogP contribution in [-0.2, 0) is 11.3 Å². The molecule has 0 atom stereocenters. The molecule has 0 bridgehead atoms. The van der Waals surface area contributed by atoms with Crippen LogP contribution in [0.25, 0.3) is 0 Å². The Balaban J connectivity index is 1.97. The Labute approximate surface area is 124 Å². The van der Waals surface area contributed by atoms with E-state index >= 15 is 0 Å². The molecule has 6 nitrogen and oxygen atoms in total. The molecule has 0 aliphatic carbocycles. The maximum absolute atomic E-state index is 11.6. The van der Waals surface area contributed by atoms with Gasteiger partial charge in [0.25, 0.3) is 0 Å². The molecular formula is C15H22N2O4. The third kappa shape index (κ3) is 4.26. The van der Waals surface area contributed by atoms with Gasteiger partial charge in [-0.1, -0.05) is 0 Å². The zero-order valence-electron chi connectivity index (χ0n) is 12.7. The van der Waals surface area contributed by atoms with Crippen molar-refractivity contribution in [3.8, 4) is 17.2 Å². The lowest BCUT2D eigenvalue weighted by molar-refractivity contribution is -0.122. The lowest BCUT2D eigenvalue weighted by atomic mass is 10.1. The maximum Gasteiger partial charge on any atom is 0.231 e. The summed E-state index contributed by atoms with van der Waals surface area (Å²) in [5, 5.41) is 5.92. The second-order valence-corrected chi connectivity index (χ2v) is 5.16. The number of carbonyl (C=O) groups excluding carboxylic acids is 1. The second kappa shape index (κ2) is 7.17. The molecule has 1 aliphatic rings. The first-order valence-electron chi connectivity index (χ1n) is 7.09. The minimum absolute atomic E-state index is 0.0130. The van der Waals surface area contributed by atoms with E-state index in [2.05, 4.69) is 10.6 Å². The highest BCUT2D eigenvalue weighted by Gasteiger charge is 2.18. The molecule has 116 valence electrons. The van der Waals surface area contributed by atoms with E-state index in [1.165, 1.54) is 0 Å². The van der Waals surface area contributed by atoms with Crippen LogP contribution in [0.15, 0.2) is 12.1 Å². The number of fused-ring (bicyclic) bond motifs is 1. The highest BCUT2D eigenvalue weighted by molar-refractivity contribution is 5.76. The van der Waals surface area contributed by atoms with E-state index in [0.717, 1.165) is 11.3 Å². The van der Waals surface area contributed by atoms with Gasteiger partial charge in [0.2, 0.25) is 12.7 Å². The molecule has 1 aromatic rings. The SMILES string of the molecule is CNCc1cc2c(cc1OCCC(=O)NC(C)C)OCO2. The zero-order chi connectivity index (χ0) is 15.2. The van der Waals surface area contributed by atoms with Crippen molar-refractivity contribution in [2.45, 2.75) is 32.9 Å². The maximum atomic E-state index is 11.6. The Kier molecular flexibility index (Phi) is 5.27. The average molecular weight is 294 g/mol. The summed E-state index contributed by atoms with van der Waals surface area (Å²) in [6, 6.07) is 3.86. The average Bonchev–Trinajstić information content (AvgIpc) is 2.85. The van der Waals surface area contributed by atoms with Crippen LogP contribution in [0, 0.1) is 0 Å². The predicted molar refractivity (Wildman–Crippen MR) is 78.7 cm³/mol. The quantitative estimate of drug-likeness (QED) is 0.796. The van der Waals surface area contributed by atoms with Crippen LogP contribution in [0.5, 0.6) is 17.2 Å². The summed E-state index contributed by atoms with van der Waals surface area (Å²) in [5.74, 6) is 2.11. The molecule has 0 saturated heterocycles. The molecule has 0 aromatic heterocycles. The van der Waals surface area contributed by atoms with E-state index in [1.807, 2.05) is 33.0 Å². The summed E-state index contributed by atoms with van der Waals surface area (Å²) in [6.45, 7) is 5.08. The molecule has 0 spiro atoms. The number of hydrogen-bond acceptors (Lipinski definition) is 5. The summed E-state index contributed by atoms with van der Waals surface area (Å²) in [6.07, 6.45) is 0.325. The minimum atomic E-state index is -0.0130. The smallest absolute Gasteiger partial charge is 0.231 e. The van der Waals surface area contributed by atoms with Crippen LogP contribution in [-0.4, -0.2) is 32.4 Å². The number of rotatable bonds is 7. The number of carbonyl (C=O) groups is 1. The Morgan fingerprint density at radius 1 is 1.33 bits per heavy atom. The molecule has 1 aromatic carbocycles. The molecular weight excluding hydrogens is 272 g/mol. The molecule has 1 amide bonds. The van der Waals surface area contributed by atoms with Crippen LogP contribution in [0.2, 0.25) is 0 Å². The van der Waals surface area contributed by atoms with Crippen LogP contribution >= 0.6 is 0 Å². The molecule has 2 N–H and O–H groups in total. The van der Waals surface area contributed by atoms with Crippen LogP contribution in [0.4, 0.5) is 0 Å². The van der Waals surface area contributed by atoms with E-state index in [1.54, 1.807) is 0 Å². The molecule has 6 heteroatoms. The highest BCUT2D eigenvalue weighted by atomic mass is 16.7. The van der Waals surface area contributed by atoms with Gasteiger partial charge in [-0.05, 0) is 27.0 Å². The van der Waals surface area contributed by atoms with Gasteiger partial charge in [-0.25, -0.2) is 0 Å². The van der Waals surface area contributed by atoms with Crippen molar-refractivity contribution in [2.24, 2.45) is 0 Å². The third-order valence-corrected chi connectivity index (χ3v) is 2.96. The van der Waals surface area contributed by atoms with Crippen molar-refractivity contribution >= 4 is 5.91 Å². The van der Waals surface area contributed by atoms with Crippen molar-refractivity contribution in [3.63, 3.8) is 0 Å². The van der Waals surface area contributed by atoms with Crippen molar-refractivity contribution in [2.75, 3.05) is 20.4 Å². The molecule has 0 radical (unpaired) electrons. The van der Waals surface area contributed by atoms with Gasteiger partial charge in [0.15, 0.2) is 11.5 Å². The van der Waals surface area contributed by atoms with Crippen LogP contribution in [0.3, 0.4) is 0 Å². The monoisotopic (exact) mass is 294 g/mol. The fraction of sp³-hybridized carbons (Fsp3) is 0.533. The summed E-state index contributed by atoms with van der Waals surface area (Å²) in [4.78, 5) is 11.6. The Hall–Kier alpha value is -1.95. The van der Waals surface area contributed by atoms with E-state index in [4.69, 9.17) is 14.2 Å². The van der Waals surface area contributed by atoms with Gasteiger partial charge in [0, 0.05) is 24.2 Å². The van der Waals surface area contributed by atoms with Crippen molar-refractivity contribution in [1.82, 2.24) is 10.6 Å². The van der Waals surface area contributed by atoms with Gasteiger partial charge < -0.3 is 24.8 Å². The zero-order valence-corrected chi connectivity index (χ0v) is 12.7. The summed E-state index contributed by atoms with van der Waals surface area (Å²) in [7, 11) is 1.87. The van der Waals surface area contributed by atoms with Gasteiger partial charge in [-0.15, -0.1) is 0 Å². The first-order chi connectivity index (χ1) is 10.1. The molecule has 1 aliphatic heterocycles. The molecule has 2 rings (SSSR count). The molecule has 0 fully saturated rings. The summed E-state index contributed by atoms with van der Waals surface area (Å²) < 4.78 is 16.4. The third-order valence-electron chi connectivity index (χ3n) is 2.96. The van der Waals surface area contributed by atoms with E-state index < -0.39 is 0 Å². The highest BCUT2D eigenvalue weighted by Crippen LogP contribution is 2.38. The summed E-state index contributed by atoms with van der Waals surface area (Å²) in [5.41, 5.74) is 0.978.